The molecule has 2 heterocycles. The Morgan fingerprint density at radius 1 is 1.10 bits per heavy atom. The fraction of sp³-hybridized carbons (Fsp3) is 0.0714. The van der Waals surface area contributed by atoms with Crippen molar-refractivity contribution in [3.05, 3.63) is 62.0 Å². The second kappa shape index (κ2) is 5.56. The number of H-pyrrole nitrogens is 2. The molecule has 20 heavy (non-hydrogen) atoms. The van der Waals surface area contributed by atoms with Crippen LogP contribution < -0.4 is 10.9 Å². The van der Waals surface area contributed by atoms with E-state index in [0.29, 0.717) is 0 Å². The largest absolute Gasteiger partial charge is 0.380 e. The first-order valence-electron chi connectivity index (χ1n) is 6.07. The van der Waals surface area contributed by atoms with E-state index in [9.17, 15) is 4.79 Å². The number of aromatic amines is 2. The minimum absolute atomic E-state index is 0.128. The SMILES string of the molecule is O=c1cc(-c2ccc(NCc3ccc(Cl)s3)cc2)[nH][nH]1. The van der Waals surface area contributed by atoms with Crippen molar-refractivity contribution in [3.8, 4) is 11.3 Å². The Balaban J connectivity index is 1.68. The number of thiophene rings is 1. The minimum atomic E-state index is -0.128. The van der Waals surface area contributed by atoms with E-state index in [2.05, 4.69) is 15.5 Å². The number of benzene rings is 1. The molecule has 0 radical (unpaired) electrons. The molecule has 3 rings (SSSR count). The van der Waals surface area contributed by atoms with Crippen molar-refractivity contribution in [1.82, 2.24) is 10.2 Å². The summed E-state index contributed by atoms with van der Waals surface area (Å²) in [5.74, 6) is 0. The number of rotatable bonds is 4. The van der Waals surface area contributed by atoms with Crippen molar-refractivity contribution in [3.63, 3.8) is 0 Å². The molecule has 0 unspecified atom stereocenters. The van der Waals surface area contributed by atoms with Crippen molar-refractivity contribution >= 4 is 28.6 Å². The van der Waals surface area contributed by atoms with E-state index >= 15 is 0 Å². The van der Waals surface area contributed by atoms with Crippen LogP contribution in [-0.4, -0.2) is 10.2 Å². The third kappa shape index (κ3) is 2.95. The van der Waals surface area contributed by atoms with Gasteiger partial charge in [0.25, 0.3) is 5.56 Å². The Morgan fingerprint density at radius 3 is 2.50 bits per heavy atom. The van der Waals surface area contributed by atoms with Crippen LogP contribution in [-0.2, 0) is 6.54 Å². The Kier molecular flexibility index (Phi) is 3.62. The van der Waals surface area contributed by atoms with Crippen LogP contribution in [0.15, 0.2) is 47.3 Å². The van der Waals surface area contributed by atoms with Gasteiger partial charge in [-0.15, -0.1) is 11.3 Å². The van der Waals surface area contributed by atoms with E-state index in [0.717, 1.165) is 27.8 Å². The normalized spacial score (nSPS) is 10.7. The first kappa shape index (κ1) is 13.0. The molecule has 4 nitrogen and oxygen atoms in total. The Morgan fingerprint density at radius 2 is 1.90 bits per heavy atom. The topological polar surface area (TPSA) is 60.7 Å². The quantitative estimate of drug-likeness (QED) is 0.688. The maximum atomic E-state index is 11.1. The molecule has 0 aliphatic heterocycles. The lowest BCUT2D eigenvalue weighted by Gasteiger charge is -2.05. The molecule has 0 aliphatic carbocycles. The van der Waals surface area contributed by atoms with Gasteiger partial charge in [-0.25, -0.2) is 0 Å². The third-order valence-electron chi connectivity index (χ3n) is 2.89. The molecular formula is C14H12ClN3OS. The van der Waals surface area contributed by atoms with E-state index in [1.54, 1.807) is 11.3 Å². The maximum absolute atomic E-state index is 11.1. The molecule has 102 valence electrons. The summed E-state index contributed by atoms with van der Waals surface area (Å²) < 4.78 is 0.800. The van der Waals surface area contributed by atoms with Gasteiger partial charge in [0.1, 0.15) is 0 Å². The van der Waals surface area contributed by atoms with Gasteiger partial charge in [-0.3, -0.25) is 15.0 Å². The minimum Gasteiger partial charge on any atom is -0.380 e. The van der Waals surface area contributed by atoms with Crippen LogP contribution in [0.3, 0.4) is 0 Å². The summed E-state index contributed by atoms with van der Waals surface area (Å²) in [7, 11) is 0. The Hall–Kier alpha value is -1.98. The highest BCUT2D eigenvalue weighted by Gasteiger charge is 2.01. The first-order valence-corrected chi connectivity index (χ1v) is 7.26. The Labute approximate surface area is 124 Å². The highest BCUT2D eigenvalue weighted by atomic mass is 35.5. The average Bonchev–Trinajstić information content (AvgIpc) is 3.06. The second-order valence-corrected chi connectivity index (χ2v) is 6.11. The zero-order valence-electron chi connectivity index (χ0n) is 10.4. The predicted octanol–water partition coefficient (Wildman–Crippen LogP) is 3.70. The summed E-state index contributed by atoms with van der Waals surface area (Å²) in [4.78, 5) is 12.3. The van der Waals surface area contributed by atoms with Crippen molar-refractivity contribution in [2.75, 3.05) is 5.32 Å². The standard InChI is InChI=1S/C14H12ClN3OS/c15-13-6-5-11(20-13)8-16-10-3-1-9(2-4-10)12-7-14(19)18-17-12/h1-7,16H,8H2,(H2,17,18,19). The van der Waals surface area contributed by atoms with Gasteiger partial charge in [0.05, 0.1) is 10.0 Å². The predicted molar refractivity (Wildman–Crippen MR) is 83.5 cm³/mol. The number of aromatic nitrogens is 2. The number of nitrogens with one attached hydrogen (secondary N) is 3. The molecule has 0 aliphatic rings. The molecule has 3 N–H and O–H groups in total. The zero-order chi connectivity index (χ0) is 13.9. The second-order valence-electron chi connectivity index (χ2n) is 4.31. The fourth-order valence-electron chi connectivity index (χ4n) is 1.89. The molecular weight excluding hydrogens is 294 g/mol. The van der Waals surface area contributed by atoms with E-state index in [1.807, 2.05) is 36.4 Å². The monoisotopic (exact) mass is 305 g/mol. The molecule has 0 saturated heterocycles. The van der Waals surface area contributed by atoms with Gasteiger partial charge in [-0.1, -0.05) is 23.7 Å². The molecule has 0 fully saturated rings. The highest BCUT2D eigenvalue weighted by molar-refractivity contribution is 7.16. The van der Waals surface area contributed by atoms with Crippen LogP contribution in [0.4, 0.5) is 5.69 Å². The van der Waals surface area contributed by atoms with Gasteiger partial charge < -0.3 is 5.32 Å². The van der Waals surface area contributed by atoms with E-state index in [-0.39, 0.29) is 5.56 Å². The molecule has 0 atom stereocenters. The molecule has 6 heteroatoms. The lowest BCUT2D eigenvalue weighted by atomic mass is 10.1. The maximum Gasteiger partial charge on any atom is 0.264 e. The summed E-state index contributed by atoms with van der Waals surface area (Å²) in [5, 5.41) is 8.68. The molecule has 3 aromatic rings. The Bertz CT molecular complexity index is 757. The van der Waals surface area contributed by atoms with Gasteiger partial charge in [0, 0.05) is 23.2 Å². The van der Waals surface area contributed by atoms with Gasteiger partial charge in [0.15, 0.2) is 0 Å². The van der Waals surface area contributed by atoms with Gasteiger partial charge in [-0.2, -0.15) is 0 Å². The van der Waals surface area contributed by atoms with Crippen LogP contribution in [0.5, 0.6) is 0 Å². The van der Waals surface area contributed by atoms with E-state index in [4.69, 9.17) is 11.6 Å². The van der Waals surface area contributed by atoms with Crippen molar-refractivity contribution in [2.45, 2.75) is 6.54 Å². The van der Waals surface area contributed by atoms with Crippen molar-refractivity contribution in [1.29, 1.82) is 0 Å². The number of hydrogen-bond acceptors (Lipinski definition) is 3. The van der Waals surface area contributed by atoms with Crippen LogP contribution in [0.2, 0.25) is 4.34 Å². The average molecular weight is 306 g/mol. The summed E-state index contributed by atoms with van der Waals surface area (Å²) in [6, 6.07) is 13.3. The number of halogens is 1. The third-order valence-corrected chi connectivity index (χ3v) is 4.12. The van der Waals surface area contributed by atoms with Gasteiger partial charge in [0.2, 0.25) is 0 Å². The lowest BCUT2D eigenvalue weighted by molar-refractivity contribution is 1.06. The molecule has 0 bridgehead atoms. The highest BCUT2D eigenvalue weighted by Crippen LogP contribution is 2.23. The lowest BCUT2D eigenvalue weighted by Crippen LogP contribution is -1.96. The van der Waals surface area contributed by atoms with Crippen LogP contribution in [0, 0.1) is 0 Å². The van der Waals surface area contributed by atoms with Crippen LogP contribution >= 0.6 is 22.9 Å². The summed E-state index contributed by atoms with van der Waals surface area (Å²) in [6.07, 6.45) is 0. The molecule has 0 spiro atoms. The van der Waals surface area contributed by atoms with E-state index in [1.165, 1.54) is 10.9 Å². The molecule has 0 amide bonds. The fourth-order valence-corrected chi connectivity index (χ4v) is 2.92. The smallest absolute Gasteiger partial charge is 0.264 e. The summed E-state index contributed by atoms with van der Waals surface area (Å²) in [6.45, 7) is 0.748. The van der Waals surface area contributed by atoms with Crippen LogP contribution in [0.25, 0.3) is 11.3 Å². The zero-order valence-corrected chi connectivity index (χ0v) is 12.0. The molecule has 2 aromatic heterocycles. The van der Waals surface area contributed by atoms with Crippen molar-refractivity contribution < 1.29 is 0 Å². The molecule has 0 saturated carbocycles. The first-order chi connectivity index (χ1) is 9.70. The molecule has 1 aromatic carbocycles. The van der Waals surface area contributed by atoms with Crippen molar-refractivity contribution in [2.24, 2.45) is 0 Å². The summed E-state index contributed by atoms with van der Waals surface area (Å²) in [5.41, 5.74) is 2.65. The van der Waals surface area contributed by atoms with Gasteiger partial charge in [-0.05, 0) is 29.8 Å². The number of anilines is 1. The summed E-state index contributed by atoms with van der Waals surface area (Å²) >= 11 is 7.46. The van der Waals surface area contributed by atoms with E-state index < -0.39 is 0 Å². The van der Waals surface area contributed by atoms with Gasteiger partial charge >= 0.3 is 0 Å². The number of hydrogen-bond donors (Lipinski definition) is 3. The van der Waals surface area contributed by atoms with Crippen LogP contribution in [0.1, 0.15) is 4.88 Å².